The van der Waals surface area contributed by atoms with Crippen LogP contribution in [0, 0.1) is 20.8 Å². The lowest BCUT2D eigenvalue weighted by Gasteiger charge is -2.20. The van der Waals surface area contributed by atoms with Crippen LogP contribution in [0.1, 0.15) is 16.7 Å². The van der Waals surface area contributed by atoms with Gasteiger partial charge in [0.15, 0.2) is 0 Å². The van der Waals surface area contributed by atoms with Gasteiger partial charge in [0.25, 0.3) is 0 Å². The standard InChI is InChI=1S/C18H20Cl2N2O3S/c1-11-5-12(2)18(13(3)6-11)26(24,25)22(4)10-17(23)21-16-8-14(19)7-15(20)9-16/h5-9H,10H2,1-4H3,(H,21,23). The highest BCUT2D eigenvalue weighted by atomic mass is 35.5. The van der Waals surface area contributed by atoms with Crippen molar-refractivity contribution in [3.05, 3.63) is 57.1 Å². The zero-order valence-corrected chi connectivity index (χ0v) is 17.3. The number of nitrogens with one attached hydrogen (secondary N) is 1. The normalized spacial score (nSPS) is 11.7. The molecule has 1 N–H and O–H groups in total. The first kappa shape index (κ1) is 20.7. The molecular weight excluding hydrogens is 395 g/mol. The van der Waals surface area contributed by atoms with Crippen LogP contribution in [0.3, 0.4) is 0 Å². The molecule has 0 aliphatic rings. The number of carbonyl (C=O) groups is 1. The van der Waals surface area contributed by atoms with E-state index < -0.39 is 15.9 Å². The van der Waals surface area contributed by atoms with E-state index >= 15 is 0 Å². The lowest BCUT2D eigenvalue weighted by atomic mass is 10.1. The van der Waals surface area contributed by atoms with E-state index in [2.05, 4.69) is 5.32 Å². The van der Waals surface area contributed by atoms with E-state index in [1.54, 1.807) is 13.8 Å². The van der Waals surface area contributed by atoms with Crippen LogP contribution in [-0.2, 0) is 14.8 Å². The smallest absolute Gasteiger partial charge is 0.243 e. The largest absolute Gasteiger partial charge is 0.325 e. The molecule has 0 aromatic heterocycles. The summed E-state index contributed by atoms with van der Waals surface area (Å²) in [5, 5.41) is 3.35. The minimum absolute atomic E-state index is 0.226. The van der Waals surface area contributed by atoms with Crippen LogP contribution in [0.4, 0.5) is 5.69 Å². The monoisotopic (exact) mass is 414 g/mol. The maximum Gasteiger partial charge on any atom is 0.243 e. The lowest BCUT2D eigenvalue weighted by molar-refractivity contribution is -0.116. The van der Waals surface area contributed by atoms with Crippen molar-refractivity contribution in [2.45, 2.75) is 25.7 Å². The number of halogens is 2. The average molecular weight is 415 g/mol. The van der Waals surface area contributed by atoms with Gasteiger partial charge in [0.1, 0.15) is 0 Å². The Kier molecular flexibility index (Phi) is 6.34. The van der Waals surface area contributed by atoms with Crippen molar-refractivity contribution < 1.29 is 13.2 Å². The van der Waals surface area contributed by atoms with Crippen LogP contribution < -0.4 is 5.32 Å². The van der Waals surface area contributed by atoms with Crippen LogP contribution in [0.15, 0.2) is 35.2 Å². The Labute approximate surface area is 164 Å². The van der Waals surface area contributed by atoms with E-state index in [0.29, 0.717) is 26.9 Å². The molecule has 2 aromatic carbocycles. The van der Waals surface area contributed by atoms with E-state index in [4.69, 9.17) is 23.2 Å². The van der Waals surface area contributed by atoms with Crippen molar-refractivity contribution in [1.29, 1.82) is 0 Å². The van der Waals surface area contributed by atoms with E-state index in [1.807, 2.05) is 19.1 Å². The van der Waals surface area contributed by atoms with E-state index in [9.17, 15) is 13.2 Å². The number of amides is 1. The fourth-order valence-electron chi connectivity index (χ4n) is 2.84. The Morgan fingerprint density at radius 2 is 1.50 bits per heavy atom. The Bertz CT molecular complexity index is 916. The summed E-state index contributed by atoms with van der Waals surface area (Å²) in [5.41, 5.74) is 2.69. The third kappa shape index (κ3) is 4.76. The Hall–Kier alpha value is -1.60. The highest BCUT2D eigenvalue weighted by Gasteiger charge is 2.26. The third-order valence-corrected chi connectivity index (χ3v) is 6.33. The molecule has 2 rings (SSSR count). The average Bonchev–Trinajstić information content (AvgIpc) is 2.43. The third-order valence-electron chi connectivity index (χ3n) is 3.79. The molecule has 0 bridgehead atoms. The summed E-state index contributed by atoms with van der Waals surface area (Å²) >= 11 is 11.8. The first-order valence-electron chi connectivity index (χ1n) is 7.81. The Balaban J connectivity index is 2.20. The number of likely N-dealkylation sites (N-methyl/N-ethyl adjacent to an activating group) is 1. The molecule has 0 saturated carbocycles. The van der Waals surface area contributed by atoms with Gasteiger partial charge in [-0.05, 0) is 50.1 Å². The van der Waals surface area contributed by atoms with Gasteiger partial charge in [-0.1, -0.05) is 40.9 Å². The minimum Gasteiger partial charge on any atom is -0.325 e. The Morgan fingerprint density at radius 3 is 2.00 bits per heavy atom. The van der Waals surface area contributed by atoms with Crippen molar-refractivity contribution in [3.63, 3.8) is 0 Å². The van der Waals surface area contributed by atoms with Crippen molar-refractivity contribution >= 4 is 44.8 Å². The van der Waals surface area contributed by atoms with Crippen molar-refractivity contribution in [2.75, 3.05) is 18.9 Å². The van der Waals surface area contributed by atoms with Crippen molar-refractivity contribution in [2.24, 2.45) is 0 Å². The van der Waals surface area contributed by atoms with Gasteiger partial charge in [0.05, 0.1) is 11.4 Å². The lowest BCUT2D eigenvalue weighted by Crippen LogP contribution is -2.35. The van der Waals surface area contributed by atoms with Gasteiger partial charge in [-0.25, -0.2) is 8.42 Å². The summed E-state index contributed by atoms with van der Waals surface area (Å²) in [6.07, 6.45) is 0. The number of aryl methyl sites for hydroxylation is 3. The number of benzene rings is 2. The minimum atomic E-state index is -3.80. The summed E-state index contributed by atoms with van der Waals surface area (Å²) in [7, 11) is -2.43. The highest BCUT2D eigenvalue weighted by Crippen LogP contribution is 2.25. The number of sulfonamides is 1. The predicted octanol–water partition coefficient (Wildman–Crippen LogP) is 4.18. The maximum atomic E-state index is 12.9. The predicted molar refractivity (Wildman–Crippen MR) is 106 cm³/mol. The maximum absolute atomic E-state index is 12.9. The molecular formula is C18H20Cl2N2O3S. The number of hydrogen-bond acceptors (Lipinski definition) is 3. The van der Waals surface area contributed by atoms with Gasteiger partial charge < -0.3 is 5.32 Å². The van der Waals surface area contributed by atoms with Gasteiger partial charge in [0.2, 0.25) is 15.9 Å². The van der Waals surface area contributed by atoms with Crippen LogP contribution in [0.5, 0.6) is 0 Å². The first-order chi connectivity index (χ1) is 12.0. The van der Waals surface area contributed by atoms with Gasteiger partial charge in [-0.3, -0.25) is 4.79 Å². The molecule has 0 heterocycles. The molecule has 0 aliphatic carbocycles. The van der Waals surface area contributed by atoms with Crippen LogP contribution in [0.25, 0.3) is 0 Å². The fraction of sp³-hybridized carbons (Fsp3) is 0.278. The number of anilines is 1. The molecule has 0 fully saturated rings. The molecule has 0 unspecified atom stereocenters. The van der Waals surface area contributed by atoms with E-state index in [1.165, 1.54) is 25.2 Å². The van der Waals surface area contributed by atoms with Crippen molar-refractivity contribution in [1.82, 2.24) is 4.31 Å². The number of rotatable bonds is 5. The van der Waals surface area contributed by atoms with Crippen LogP contribution in [0.2, 0.25) is 10.0 Å². The molecule has 0 aliphatic heterocycles. The number of hydrogen-bond donors (Lipinski definition) is 1. The summed E-state index contributed by atoms with van der Waals surface area (Å²) in [5.74, 6) is -0.489. The van der Waals surface area contributed by atoms with E-state index in [0.717, 1.165) is 9.87 Å². The zero-order valence-electron chi connectivity index (χ0n) is 14.9. The quantitative estimate of drug-likeness (QED) is 0.797. The second-order valence-electron chi connectivity index (χ2n) is 6.20. The van der Waals surface area contributed by atoms with Crippen LogP contribution >= 0.6 is 23.2 Å². The van der Waals surface area contributed by atoms with Crippen molar-refractivity contribution in [3.8, 4) is 0 Å². The fourth-order valence-corrected chi connectivity index (χ4v) is 4.90. The van der Waals surface area contributed by atoms with Gasteiger partial charge >= 0.3 is 0 Å². The molecule has 26 heavy (non-hydrogen) atoms. The highest BCUT2D eigenvalue weighted by molar-refractivity contribution is 7.89. The summed E-state index contributed by atoms with van der Waals surface area (Å²) in [6, 6.07) is 8.23. The SMILES string of the molecule is Cc1cc(C)c(S(=O)(=O)N(C)CC(=O)Nc2cc(Cl)cc(Cl)c2)c(C)c1. The molecule has 1 amide bonds. The second kappa shape index (κ2) is 7.96. The second-order valence-corrected chi connectivity index (χ2v) is 9.05. The molecule has 2 aromatic rings. The molecule has 0 atom stereocenters. The molecule has 0 radical (unpaired) electrons. The first-order valence-corrected chi connectivity index (χ1v) is 10.0. The molecule has 140 valence electrons. The van der Waals surface area contributed by atoms with Crippen LogP contribution in [-0.4, -0.2) is 32.2 Å². The van der Waals surface area contributed by atoms with Gasteiger partial charge in [0, 0.05) is 22.8 Å². The summed E-state index contributed by atoms with van der Waals surface area (Å²) in [6.45, 7) is 5.06. The van der Waals surface area contributed by atoms with Gasteiger partial charge in [-0.2, -0.15) is 4.31 Å². The van der Waals surface area contributed by atoms with E-state index in [-0.39, 0.29) is 11.4 Å². The number of carbonyl (C=O) groups excluding carboxylic acids is 1. The number of nitrogens with zero attached hydrogens (tertiary/aromatic N) is 1. The molecule has 0 saturated heterocycles. The molecule has 0 spiro atoms. The Morgan fingerprint density at radius 1 is 1.00 bits per heavy atom. The zero-order chi connectivity index (χ0) is 19.6. The molecule has 8 heteroatoms. The molecule has 5 nitrogen and oxygen atoms in total. The summed E-state index contributed by atoms with van der Waals surface area (Å²) in [4.78, 5) is 12.5. The topological polar surface area (TPSA) is 66.5 Å². The van der Waals surface area contributed by atoms with Gasteiger partial charge in [-0.15, -0.1) is 0 Å². The summed E-state index contributed by atoms with van der Waals surface area (Å²) < 4.78 is 26.8.